The van der Waals surface area contributed by atoms with Gasteiger partial charge in [-0.1, -0.05) is 5.54 Å². The molecule has 0 spiro atoms. The highest BCUT2D eigenvalue weighted by Gasteiger charge is 2.01. The predicted octanol–water partition coefficient (Wildman–Crippen LogP) is 0.456. The van der Waals surface area contributed by atoms with E-state index in [4.69, 9.17) is 15.3 Å². The molecule has 0 rings (SSSR count). The topological polar surface area (TPSA) is 18.5 Å². The van der Waals surface area contributed by atoms with Gasteiger partial charge >= 0.3 is 9.28 Å². The Bertz CT molecular complexity index is 180. The molecule has 0 bridgehead atoms. The van der Waals surface area contributed by atoms with Crippen LogP contribution in [0.1, 0.15) is 12.8 Å². The van der Waals surface area contributed by atoms with Crippen LogP contribution in [0.4, 0.5) is 0 Å². The van der Waals surface area contributed by atoms with E-state index in [1.807, 2.05) is 0 Å². The fraction of sp³-hybridized carbons (Fsp3) is 0.500. The Kier molecular flexibility index (Phi) is 6.87. The Morgan fingerprint density at radius 2 is 1.91 bits per heavy atom. The molecule has 0 heterocycles. The fourth-order valence-corrected chi connectivity index (χ4v) is 1.24. The van der Waals surface area contributed by atoms with Crippen molar-refractivity contribution < 1.29 is 8.85 Å². The third-order valence-corrected chi connectivity index (χ3v) is 2.34. The smallest absolute Gasteiger partial charge is 0.391 e. The quantitative estimate of drug-likeness (QED) is 0.346. The molecule has 60 valence electrons. The van der Waals surface area contributed by atoms with E-state index in [-0.39, 0.29) is 0 Å². The Hall–Kier alpha value is -0.743. The highest BCUT2D eigenvalue weighted by molar-refractivity contribution is 6.54. The number of terminal acetylenes is 1. The monoisotopic (exact) mass is 168 g/mol. The molecule has 0 aliphatic rings. The first kappa shape index (κ1) is 10.3. The van der Waals surface area contributed by atoms with Crippen LogP contribution < -0.4 is 0 Å². The van der Waals surface area contributed by atoms with Gasteiger partial charge in [-0.05, 0) is 0 Å². The highest BCUT2D eigenvalue weighted by atomic mass is 28.3. The average Bonchev–Trinajstić information content (AvgIpc) is 2.05. The number of hydrogen-bond acceptors (Lipinski definition) is 2. The Morgan fingerprint density at radius 3 is 2.36 bits per heavy atom. The third-order valence-electron chi connectivity index (χ3n) is 1.04. The summed E-state index contributed by atoms with van der Waals surface area (Å²) in [6.07, 6.45) is 6.47. The van der Waals surface area contributed by atoms with E-state index in [0.29, 0.717) is 6.42 Å². The molecule has 0 saturated carbocycles. The lowest BCUT2D eigenvalue weighted by atomic mass is 10.3. The lowest BCUT2D eigenvalue weighted by molar-refractivity contribution is 0.293. The van der Waals surface area contributed by atoms with Gasteiger partial charge in [0.05, 0.1) is 0 Å². The largest absolute Gasteiger partial charge is 0.406 e. The summed E-state index contributed by atoms with van der Waals surface area (Å²) < 4.78 is 9.94. The first-order valence-corrected chi connectivity index (χ1v) is 4.84. The van der Waals surface area contributed by atoms with Gasteiger partial charge in [0.15, 0.2) is 0 Å². The van der Waals surface area contributed by atoms with Crippen molar-refractivity contribution in [2.45, 2.75) is 12.8 Å². The Labute approximate surface area is 69.7 Å². The highest BCUT2D eigenvalue weighted by Crippen LogP contribution is 1.85. The van der Waals surface area contributed by atoms with Crippen LogP contribution in [0.3, 0.4) is 0 Å². The summed E-state index contributed by atoms with van der Waals surface area (Å²) in [4.78, 5) is 0. The van der Waals surface area contributed by atoms with Gasteiger partial charge in [0.25, 0.3) is 0 Å². The number of rotatable bonds is 3. The summed E-state index contributed by atoms with van der Waals surface area (Å²) in [7, 11) is 1.55. The molecule has 0 aliphatic carbocycles. The zero-order chi connectivity index (χ0) is 8.53. The molecule has 11 heavy (non-hydrogen) atoms. The molecular formula is C8H12O2Si. The molecular weight excluding hydrogens is 156 g/mol. The van der Waals surface area contributed by atoms with Gasteiger partial charge in [0.1, 0.15) is 0 Å². The number of unbranched alkanes of at least 4 members (excludes halogenated alkanes) is 1. The minimum Gasteiger partial charge on any atom is -0.391 e. The molecule has 0 atom stereocenters. The third kappa shape index (κ3) is 5.69. The van der Waals surface area contributed by atoms with Crippen LogP contribution in [0.25, 0.3) is 0 Å². The lowest BCUT2D eigenvalue weighted by Crippen LogP contribution is -2.16. The van der Waals surface area contributed by atoms with E-state index in [2.05, 4.69) is 17.4 Å². The molecule has 0 unspecified atom stereocenters. The maximum absolute atomic E-state index is 5.04. The summed E-state index contributed by atoms with van der Waals surface area (Å²) in [5, 5.41) is 0. The Balaban J connectivity index is 3.58. The molecule has 0 aromatic rings. The van der Waals surface area contributed by atoms with Crippen molar-refractivity contribution in [1.82, 2.24) is 0 Å². The van der Waals surface area contributed by atoms with Crippen molar-refractivity contribution in [3.63, 3.8) is 0 Å². The summed E-state index contributed by atoms with van der Waals surface area (Å²) >= 11 is 0. The van der Waals surface area contributed by atoms with Crippen molar-refractivity contribution in [2.75, 3.05) is 14.2 Å². The van der Waals surface area contributed by atoms with Crippen molar-refractivity contribution in [1.29, 1.82) is 0 Å². The summed E-state index contributed by atoms with van der Waals surface area (Å²) in [5.74, 6) is 5.42. The molecule has 0 aliphatic heterocycles. The fourth-order valence-electron chi connectivity index (χ4n) is 0.504. The second kappa shape index (κ2) is 7.36. The first-order valence-electron chi connectivity index (χ1n) is 3.32. The molecule has 0 aromatic carbocycles. The molecule has 0 saturated heterocycles. The molecule has 0 aromatic heterocycles. The van der Waals surface area contributed by atoms with E-state index in [1.54, 1.807) is 14.2 Å². The van der Waals surface area contributed by atoms with Crippen molar-refractivity contribution in [3.05, 3.63) is 0 Å². The van der Waals surface area contributed by atoms with E-state index >= 15 is 0 Å². The van der Waals surface area contributed by atoms with Crippen LogP contribution >= 0.6 is 0 Å². The molecule has 0 amide bonds. The van der Waals surface area contributed by atoms with Gasteiger partial charge in [-0.15, -0.1) is 18.3 Å². The summed E-state index contributed by atoms with van der Waals surface area (Å²) in [5.41, 5.74) is 2.90. The molecule has 3 heteroatoms. The van der Waals surface area contributed by atoms with E-state index < -0.39 is 9.28 Å². The molecule has 0 radical (unpaired) electrons. The van der Waals surface area contributed by atoms with Gasteiger partial charge in [-0.25, -0.2) is 0 Å². The first-order chi connectivity index (χ1) is 5.35. The van der Waals surface area contributed by atoms with Crippen LogP contribution in [0.15, 0.2) is 0 Å². The second-order valence-electron chi connectivity index (χ2n) is 1.83. The van der Waals surface area contributed by atoms with Crippen LogP contribution in [0.5, 0.6) is 0 Å². The average molecular weight is 168 g/mol. The number of hydrogen-bond donors (Lipinski definition) is 0. The van der Waals surface area contributed by atoms with Crippen LogP contribution in [0, 0.1) is 23.8 Å². The van der Waals surface area contributed by atoms with E-state index in [0.717, 1.165) is 6.42 Å². The SMILES string of the molecule is C#CCCC#C[SiH](OC)OC. The van der Waals surface area contributed by atoms with E-state index in [1.165, 1.54) is 0 Å². The van der Waals surface area contributed by atoms with Crippen LogP contribution in [-0.4, -0.2) is 23.5 Å². The standard InChI is InChI=1S/C8H12O2Si/c1-4-5-6-7-8-11(9-2)10-3/h1,11H,5-6H2,2-3H3. The molecule has 0 N–H and O–H groups in total. The summed E-state index contributed by atoms with van der Waals surface area (Å²) in [6.45, 7) is 0. The normalized spacial score (nSPS) is 8.55. The van der Waals surface area contributed by atoms with Gasteiger partial charge < -0.3 is 8.85 Å². The maximum atomic E-state index is 5.04. The zero-order valence-corrected chi connectivity index (χ0v) is 8.04. The van der Waals surface area contributed by atoms with Gasteiger partial charge in [0.2, 0.25) is 0 Å². The lowest BCUT2D eigenvalue weighted by Gasteiger charge is -2.00. The van der Waals surface area contributed by atoms with Crippen molar-refractivity contribution in [3.8, 4) is 23.8 Å². The molecule has 2 nitrogen and oxygen atoms in total. The van der Waals surface area contributed by atoms with Crippen LogP contribution in [0.2, 0.25) is 0 Å². The second-order valence-corrected chi connectivity index (χ2v) is 3.72. The minimum atomic E-state index is -1.66. The van der Waals surface area contributed by atoms with Gasteiger partial charge in [-0.2, -0.15) is 0 Å². The van der Waals surface area contributed by atoms with Crippen molar-refractivity contribution in [2.24, 2.45) is 0 Å². The van der Waals surface area contributed by atoms with Gasteiger partial charge in [-0.3, -0.25) is 0 Å². The maximum Gasteiger partial charge on any atom is 0.406 e. The molecule has 0 fully saturated rings. The van der Waals surface area contributed by atoms with E-state index in [9.17, 15) is 0 Å². The Morgan fingerprint density at radius 1 is 1.27 bits per heavy atom. The summed E-state index contributed by atoms with van der Waals surface area (Å²) in [6, 6.07) is 0. The predicted molar refractivity (Wildman–Crippen MR) is 47.0 cm³/mol. The van der Waals surface area contributed by atoms with Crippen LogP contribution in [-0.2, 0) is 8.85 Å². The van der Waals surface area contributed by atoms with Crippen molar-refractivity contribution >= 4 is 9.28 Å². The minimum absolute atomic E-state index is 0.696. The zero-order valence-electron chi connectivity index (χ0n) is 6.89. The van der Waals surface area contributed by atoms with Gasteiger partial charge in [0, 0.05) is 27.1 Å².